The minimum absolute atomic E-state index is 0.00985. The summed E-state index contributed by atoms with van der Waals surface area (Å²) in [6.45, 7) is 3.88. The number of hydrogen-bond donors (Lipinski definition) is 2. The fraction of sp³-hybridized carbons (Fsp3) is 0.207. The number of nitrogens with zero attached hydrogens (tertiary/aromatic N) is 1. The number of carbonyl (C=O) groups excluding carboxylic acids is 2. The fourth-order valence-corrected chi connectivity index (χ4v) is 8.38. The zero-order valence-electron chi connectivity index (χ0n) is 21.3. The lowest BCUT2D eigenvalue weighted by atomic mass is 9.79. The van der Waals surface area contributed by atoms with Crippen LogP contribution in [0.5, 0.6) is 0 Å². The highest BCUT2D eigenvalue weighted by Crippen LogP contribution is 2.45. The van der Waals surface area contributed by atoms with Crippen LogP contribution >= 0.6 is 22.4 Å². The van der Waals surface area contributed by atoms with Gasteiger partial charge in [0, 0.05) is 23.1 Å². The highest BCUT2D eigenvalue weighted by Gasteiger charge is 2.62. The van der Waals surface area contributed by atoms with E-state index < -0.39 is 43.6 Å². The third-order valence-electron chi connectivity index (χ3n) is 6.64. The molecule has 3 aromatic carbocycles. The second-order valence-electron chi connectivity index (χ2n) is 9.23. The Balaban J connectivity index is 1.74. The van der Waals surface area contributed by atoms with Crippen molar-refractivity contribution in [3.8, 4) is 0 Å². The first-order valence-corrected chi connectivity index (χ1v) is 15.7. The molecule has 0 bridgehead atoms. The molecule has 11 heteroatoms. The van der Waals surface area contributed by atoms with Crippen molar-refractivity contribution >= 4 is 49.0 Å². The van der Waals surface area contributed by atoms with Gasteiger partial charge in [0.1, 0.15) is 11.4 Å². The van der Waals surface area contributed by atoms with E-state index in [0.29, 0.717) is 21.9 Å². The van der Waals surface area contributed by atoms with Crippen molar-refractivity contribution in [1.82, 2.24) is 10.2 Å². The maximum absolute atomic E-state index is 13.7. The standard InChI is InChI=1S/C29H27ClN2O6S2/c1-20(19-30)29(28(35)36,18-22-13-7-3-8-14-22)32-26(34)25(31-24(33)17-21-11-5-2-6-12-21)27(32)39-40(37,38)23-15-9-4-10-16-23/h2-16,25,27H,1,17-19H2,(H,31,33)(H,35,36). The van der Waals surface area contributed by atoms with Crippen LogP contribution in [0.3, 0.4) is 0 Å². The Kier molecular flexibility index (Phi) is 9.02. The number of alkyl halides is 1. The van der Waals surface area contributed by atoms with Crippen molar-refractivity contribution in [1.29, 1.82) is 0 Å². The fourth-order valence-electron chi connectivity index (χ4n) is 4.59. The molecule has 3 aromatic rings. The van der Waals surface area contributed by atoms with E-state index in [1.165, 1.54) is 12.1 Å². The van der Waals surface area contributed by atoms with Crippen LogP contribution in [-0.4, -0.2) is 59.0 Å². The third kappa shape index (κ3) is 5.94. The van der Waals surface area contributed by atoms with Crippen molar-refractivity contribution in [3.63, 3.8) is 0 Å². The summed E-state index contributed by atoms with van der Waals surface area (Å²) in [7, 11) is -3.67. The van der Waals surface area contributed by atoms with Crippen molar-refractivity contribution in [2.24, 2.45) is 0 Å². The van der Waals surface area contributed by atoms with E-state index in [0.717, 1.165) is 4.90 Å². The van der Waals surface area contributed by atoms with Gasteiger partial charge in [-0.25, -0.2) is 13.2 Å². The maximum atomic E-state index is 13.7. The van der Waals surface area contributed by atoms with Gasteiger partial charge in [-0.1, -0.05) is 85.4 Å². The smallest absolute Gasteiger partial charge is 0.334 e. The summed E-state index contributed by atoms with van der Waals surface area (Å²) < 4.78 is 26.8. The van der Waals surface area contributed by atoms with Crippen LogP contribution in [0.25, 0.3) is 0 Å². The molecule has 0 aromatic heterocycles. The van der Waals surface area contributed by atoms with E-state index in [-0.39, 0.29) is 29.2 Å². The van der Waals surface area contributed by atoms with Gasteiger partial charge in [0.25, 0.3) is 0 Å². The van der Waals surface area contributed by atoms with Crippen LogP contribution in [0.4, 0.5) is 0 Å². The summed E-state index contributed by atoms with van der Waals surface area (Å²) in [6.07, 6.45) is -0.247. The molecule has 1 saturated heterocycles. The third-order valence-corrected chi connectivity index (χ3v) is 10.7. The molecule has 4 rings (SSSR count). The molecular formula is C29H27ClN2O6S2. The van der Waals surface area contributed by atoms with Gasteiger partial charge in [0.15, 0.2) is 5.54 Å². The van der Waals surface area contributed by atoms with Crippen molar-refractivity contribution in [2.75, 3.05) is 5.88 Å². The maximum Gasteiger partial charge on any atom is 0.334 e. The zero-order chi connectivity index (χ0) is 28.9. The predicted octanol–water partition coefficient (Wildman–Crippen LogP) is 3.87. The molecule has 0 aliphatic carbocycles. The lowest BCUT2D eigenvalue weighted by Gasteiger charge is -2.54. The number of benzene rings is 3. The SMILES string of the molecule is C=C(CCl)C(Cc1ccccc1)(C(=O)O)N1C(=O)C(NC(=O)Cc2ccccc2)C1SS(=O)(=O)c1ccccc1. The Labute approximate surface area is 241 Å². The molecule has 1 fully saturated rings. The lowest BCUT2D eigenvalue weighted by molar-refractivity contribution is -0.168. The second-order valence-corrected chi connectivity index (χ2v) is 13.5. The minimum Gasteiger partial charge on any atom is -0.479 e. The average molecular weight is 599 g/mol. The van der Waals surface area contributed by atoms with Crippen LogP contribution in [0, 0.1) is 0 Å². The van der Waals surface area contributed by atoms with Gasteiger partial charge in [-0.2, -0.15) is 0 Å². The van der Waals surface area contributed by atoms with Gasteiger partial charge in [-0.05, 0) is 28.8 Å². The Hall–Kier alpha value is -3.60. The lowest BCUT2D eigenvalue weighted by Crippen LogP contribution is -2.78. The van der Waals surface area contributed by atoms with Crippen LogP contribution in [-0.2, 0) is 36.1 Å². The normalized spacial score (nSPS) is 18.3. The number of β-lactam (4-membered cyclic amide) rings is 1. The van der Waals surface area contributed by atoms with Crippen molar-refractivity contribution in [3.05, 3.63) is 114 Å². The first kappa shape index (κ1) is 29.4. The van der Waals surface area contributed by atoms with E-state index in [1.54, 1.807) is 78.9 Å². The number of halogens is 1. The summed E-state index contributed by atoms with van der Waals surface area (Å²) in [5.41, 5.74) is -0.778. The van der Waals surface area contributed by atoms with E-state index in [4.69, 9.17) is 11.6 Å². The van der Waals surface area contributed by atoms with E-state index in [1.807, 2.05) is 0 Å². The predicted molar refractivity (Wildman–Crippen MR) is 154 cm³/mol. The molecule has 0 radical (unpaired) electrons. The van der Waals surface area contributed by atoms with Crippen LogP contribution in [0.1, 0.15) is 11.1 Å². The number of aliphatic carboxylic acids is 1. The van der Waals surface area contributed by atoms with Gasteiger partial charge >= 0.3 is 5.97 Å². The van der Waals surface area contributed by atoms with Crippen molar-refractivity contribution < 1.29 is 27.9 Å². The van der Waals surface area contributed by atoms with Crippen molar-refractivity contribution in [2.45, 2.75) is 34.7 Å². The van der Waals surface area contributed by atoms with Gasteiger partial charge in [0.2, 0.25) is 20.7 Å². The number of carboxylic acids is 1. The Morgan fingerprint density at radius 2 is 1.48 bits per heavy atom. The Morgan fingerprint density at radius 1 is 0.950 bits per heavy atom. The summed E-state index contributed by atoms with van der Waals surface area (Å²) in [4.78, 5) is 40.6. The number of carbonyl (C=O) groups is 3. The van der Waals surface area contributed by atoms with Gasteiger partial charge in [-0.15, -0.1) is 11.6 Å². The van der Waals surface area contributed by atoms with Gasteiger partial charge in [-0.3, -0.25) is 9.59 Å². The van der Waals surface area contributed by atoms with Crippen LogP contribution in [0.15, 0.2) is 108 Å². The Bertz CT molecular complexity index is 1500. The average Bonchev–Trinajstić information content (AvgIpc) is 2.96. The molecule has 40 heavy (non-hydrogen) atoms. The number of hydrogen-bond acceptors (Lipinski definition) is 6. The molecule has 3 unspecified atom stereocenters. The van der Waals surface area contributed by atoms with Crippen LogP contribution < -0.4 is 5.32 Å². The van der Waals surface area contributed by atoms with E-state index >= 15 is 0 Å². The largest absolute Gasteiger partial charge is 0.479 e. The first-order chi connectivity index (χ1) is 19.1. The number of rotatable bonds is 12. The second kappa shape index (κ2) is 12.3. The number of nitrogens with one attached hydrogen (secondary N) is 1. The van der Waals surface area contributed by atoms with E-state index in [9.17, 15) is 27.9 Å². The highest BCUT2D eigenvalue weighted by atomic mass is 35.5. The summed E-state index contributed by atoms with van der Waals surface area (Å²) in [5, 5.41) is 11.9. The molecule has 2 amide bonds. The number of amides is 2. The first-order valence-electron chi connectivity index (χ1n) is 12.3. The quantitative estimate of drug-likeness (QED) is 0.141. The molecule has 0 spiro atoms. The molecule has 1 heterocycles. The van der Waals surface area contributed by atoms with Crippen LogP contribution in [0.2, 0.25) is 0 Å². The number of likely N-dealkylation sites (tertiary alicyclic amines) is 1. The Morgan fingerprint density at radius 3 is 2.00 bits per heavy atom. The number of carboxylic acid groups (broad SMARTS) is 1. The molecule has 1 aliphatic heterocycles. The highest BCUT2D eigenvalue weighted by molar-refractivity contribution is 8.72. The minimum atomic E-state index is -4.08. The molecule has 3 atom stereocenters. The van der Waals surface area contributed by atoms with Gasteiger partial charge in [0.05, 0.1) is 11.3 Å². The molecular weight excluding hydrogens is 572 g/mol. The summed E-state index contributed by atoms with van der Waals surface area (Å²) in [5.74, 6) is -2.96. The summed E-state index contributed by atoms with van der Waals surface area (Å²) in [6, 6.07) is 23.8. The zero-order valence-corrected chi connectivity index (χ0v) is 23.7. The molecule has 0 saturated carbocycles. The molecule has 208 valence electrons. The monoisotopic (exact) mass is 598 g/mol. The molecule has 8 nitrogen and oxygen atoms in total. The molecule has 2 N–H and O–H groups in total. The van der Waals surface area contributed by atoms with Gasteiger partial charge < -0.3 is 15.3 Å². The van der Waals surface area contributed by atoms with E-state index in [2.05, 4.69) is 11.9 Å². The topological polar surface area (TPSA) is 121 Å². The molecule has 1 aliphatic rings. The summed E-state index contributed by atoms with van der Waals surface area (Å²) >= 11 is 6.11.